The van der Waals surface area contributed by atoms with Crippen LogP contribution in [0.15, 0.2) is 36.5 Å². The van der Waals surface area contributed by atoms with Crippen LogP contribution in [0.4, 0.5) is 0 Å². The van der Waals surface area contributed by atoms with Gasteiger partial charge in [0.05, 0.1) is 18.8 Å². The largest absolute Gasteiger partial charge is 0.394 e. The topological polar surface area (TPSA) is 69.6 Å². The van der Waals surface area contributed by atoms with Gasteiger partial charge in [-0.3, -0.25) is 4.79 Å². The van der Waals surface area contributed by atoms with Gasteiger partial charge < -0.3 is 15.5 Å². The van der Waals surface area contributed by atoms with Crippen molar-refractivity contribution in [3.63, 3.8) is 0 Å². The number of nitrogens with one attached hydrogen (secondary N) is 1. The summed E-state index contributed by atoms with van der Waals surface area (Å²) in [6.45, 7) is 4.39. The van der Waals surface area contributed by atoms with Crippen LogP contribution < -0.4 is 5.32 Å². The second-order valence-corrected chi connectivity index (χ2v) is 24.7. The van der Waals surface area contributed by atoms with Crippen LogP contribution in [0.25, 0.3) is 0 Å². The van der Waals surface area contributed by atoms with E-state index in [-0.39, 0.29) is 12.5 Å². The fourth-order valence-corrected chi connectivity index (χ4v) is 11.5. The van der Waals surface area contributed by atoms with Crippen molar-refractivity contribution in [1.29, 1.82) is 0 Å². The molecule has 0 fully saturated rings. The number of allylic oxidation sites excluding steroid dienone is 6. The molecular weight excluding hydrogens is 939 g/mol. The highest BCUT2D eigenvalue weighted by atomic mass is 16.3. The van der Waals surface area contributed by atoms with E-state index in [4.69, 9.17) is 0 Å². The fraction of sp³-hybridized carbons (Fsp3) is 0.904. The fourth-order valence-electron chi connectivity index (χ4n) is 11.5. The van der Waals surface area contributed by atoms with E-state index < -0.39 is 12.1 Å². The second kappa shape index (κ2) is 68.9. The number of aliphatic hydroxyl groups is 2. The van der Waals surface area contributed by atoms with Gasteiger partial charge in [0, 0.05) is 6.42 Å². The molecular formula is C73H141NO3. The van der Waals surface area contributed by atoms with Crippen LogP contribution in [0, 0.1) is 0 Å². The molecule has 0 saturated carbocycles. The van der Waals surface area contributed by atoms with Crippen molar-refractivity contribution in [2.24, 2.45) is 0 Å². The molecule has 4 heteroatoms. The van der Waals surface area contributed by atoms with Gasteiger partial charge in [-0.1, -0.05) is 384 Å². The van der Waals surface area contributed by atoms with Crippen LogP contribution in [0.5, 0.6) is 0 Å². The smallest absolute Gasteiger partial charge is 0.220 e. The van der Waals surface area contributed by atoms with Gasteiger partial charge in [0.25, 0.3) is 0 Å². The minimum absolute atomic E-state index is 0.0234. The lowest BCUT2D eigenvalue weighted by molar-refractivity contribution is -0.123. The lowest BCUT2D eigenvalue weighted by atomic mass is 10.0. The summed E-state index contributed by atoms with van der Waals surface area (Å²) in [4.78, 5) is 12.6. The van der Waals surface area contributed by atoms with Crippen LogP contribution in [0.1, 0.15) is 406 Å². The number of carbonyl (C=O) groups excluding carboxylic acids is 1. The molecule has 0 aliphatic carbocycles. The van der Waals surface area contributed by atoms with Gasteiger partial charge in [-0.2, -0.15) is 0 Å². The predicted octanol–water partition coefficient (Wildman–Crippen LogP) is 24.3. The normalized spacial score (nSPS) is 12.8. The van der Waals surface area contributed by atoms with Crippen molar-refractivity contribution in [3.8, 4) is 0 Å². The number of aliphatic hydroxyl groups excluding tert-OH is 2. The number of amides is 1. The molecule has 0 rings (SSSR count). The quantitative estimate of drug-likeness (QED) is 0.0420. The van der Waals surface area contributed by atoms with E-state index in [1.807, 2.05) is 0 Å². The van der Waals surface area contributed by atoms with Gasteiger partial charge in [0.2, 0.25) is 5.91 Å². The van der Waals surface area contributed by atoms with E-state index >= 15 is 0 Å². The molecule has 0 aromatic rings. The number of carbonyl (C=O) groups is 1. The highest BCUT2D eigenvalue weighted by molar-refractivity contribution is 5.76. The molecule has 4 nitrogen and oxygen atoms in total. The molecule has 2 atom stereocenters. The zero-order chi connectivity index (χ0) is 55.5. The van der Waals surface area contributed by atoms with E-state index in [1.165, 1.54) is 340 Å². The van der Waals surface area contributed by atoms with Crippen LogP contribution in [-0.4, -0.2) is 34.9 Å². The van der Waals surface area contributed by atoms with E-state index in [0.717, 1.165) is 38.5 Å². The Kier molecular flexibility index (Phi) is 67.6. The van der Waals surface area contributed by atoms with E-state index in [2.05, 4.69) is 55.6 Å². The average Bonchev–Trinajstić information content (AvgIpc) is 3.43. The van der Waals surface area contributed by atoms with Gasteiger partial charge >= 0.3 is 0 Å². The van der Waals surface area contributed by atoms with Crippen molar-refractivity contribution < 1.29 is 15.0 Å². The van der Waals surface area contributed by atoms with Crippen molar-refractivity contribution >= 4 is 5.91 Å². The molecule has 3 N–H and O–H groups in total. The molecule has 77 heavy (non-hydrogen) atoms. The summed E-state index contributed by atoms with van der Waals surface area (Å²) >= 11 is 0. The predicted molar refractivity (Wildman–Crippen MR) is 345 cm³/mol. The summed E-state index contributed by atoms with van der Waals surface area (Å²) in [5.41, 5.74) is 0. The first-order valence-electron chi connectivity index (χ1n) is 35.7. The first-order valence-corrected chi connectivity index (χ1v) is 35.7. The Balaban J connectivity index is 3.39. The van der Waals surface area contributed by atoms with Gasteiger partial charge in [0.1, 0.15) is 0 Å². The third-order valence-electron chi connectivity index (χ3n) is 16.9. The van der Waals surface area contributed by atoms with Gasteiger partial charge in [-0.15, -0.1) is 0 Å². The summed E-state index contributed by atoms with van der Waals surface area (Å²) in [5.74, 6) is -0.0234. The molecule has 0 heterocycles. The third kappa shape index (κ3) is 65.3. The lowest BCUT2D eigenvalue weighted by Crippen LogP contribution is -2.45. The zero-order valence-electron chi connectivity index (χ0n) is 52.8. The van der Waals surface area contributed by atoms with Crippen LogP contribution in [0.2, 0.25) is 0 Å². The van der Waals surface area contributed by atoms with E-state index in [0.29, 0.717) is 12.8 Å². The van der Waals surface area contributed by atoms with E-state index in [9.17, 15) is 15.0 Å². The Morgan fingerprint density at radius 3 is 0.792 bits per heavy atom. The molecule has 0 aliphatic heterocycles. The Morgan fingerprint density at radius 1 is 0.312 bits per heavy atom. The minimum atomic E-state index is -0.661. The monoisotopic (exact) mass is 1080 g/mol. The van der Waals surface area contributed by atoms with Crippen LogP contribution in [-0.2, 0) is 4.79 Å². The van der Waals surface area contributed by atoms with Crippen molar-refractivity contribution in [1.82, 2.24) is 5.32 Å². The summed E-state index contributed by atoms with van der Waals surface area (Å²) in [7, 11) is 0. The van der Waals surface area contributed by atoms with Crippen LogP contribution in [0.3, 0.4) is 0 Å². The Bertz CT molecular complexity index is 1180. The first-order chi connectivity index (χ1) is 38.2. The Labute approximate surface area is 484 Å². The average molecular weight is 1080 g/mol. The summed E-state index contributed by atoms with van der Waals surface area (Å²) in [6.07, 6.45) is 94.9. The van der Waals surface area contributed by atoms with Gasteiger partial charge in [-0.25, -0.2) is 0 Å². The van der Waals surface area contributed by atoms with Gasteiger partial charge in [0.15, 0.2) is 0 Å². The van der Waals surface area contributed by atoms with Crippen molar-refractivity contribution in [2.45, 2.75) is 418 Å². The van der Waals surface area contributed by atoms with E-state index in [1.54, 1.807) is 0 Å². The number of unbranched alkanes of at least 4 members (excludes halogenated alkanes) is 54. The molecule has 0 aliphatic rings. The number of hydrogen-bond donors (Lipinski definition) is 3. The number of hydrogen-bond acceptors (Lipinski definition) is 3. The highest BCUT2D eigenvalue weighted by Gasteiger charge is 2.20. The summed E-state index contributed by atoms with van der Waals surface area (Å²) in [5, 5.41) is 23.5. The van der Waals surface area contributed by atoms with Crippen molar-refractivity contribution in [3.05, 3.63) is 36.5 Å². The first kappa shape index (κ1) is 75.6. The maximum absolute atomic E-state index is 12.6. The number of rotatable bonds is 67. The molecule has 2 unspecified atom stereocenters. The molecule has 0 saturated heterocycles. The molecule has 0 bridgehead atoms. The molecule has 0 spiro atoms. The summed E-state index contributed by atoms with van der Waals surface area (Å²) < 4.78 is 0. The Morgan fingerprint density at radius 2 is 0.532 bits per heavy atom. The van der Waals surface area contributed by atoms with Gasteiger partial charge in [-0.05, 0) is 51.4 Å². The zero-order valence-corrected chi connectivity index (χ0v) is 52.8. The maximum atomic E-state index is 12.6. The SMILES string of the molecule is CCCCCCC/C=C\C/C=C\C/C=C\CCCCCCCCCCCCCCCCCCCCC(=O)NC(CO)C(O)CCCCCCCCCCCCCCCCCCCCCCCCCCCCCCCCCC. The minimum Gasteiger partial charge on any atom is -0.394 e. The molecule has 0 aromatic heterocycles. The summed E-state index contributed by atoms with van der Waals surface area (Å²) in [6, 6.07) is -0.537. The molecule has 456 valence electrons. The molecule has 0 radical (unpaired) electrons. The van der Waals surface area contributed by atoms with Crippen LogP contribution >= 0.6 is 0 Å². The van der Waals surface area contributed by atoms with Crippen molar-refractivity contribution in [2.75, 3.05) is 6.61 Å². The maximum Gasteiger partial charge on any atom is 0.220 e. The molecule has 0 aromatic carbocycles. The second-order valence-electron chi connectivity index (χ2n) is 24.7. The Hall–Kier alpha value is -1.39. The standard InChI is InChI=1S/C73H141NO3/c1-3-5-7-9-11-13-15-17-19-21-23-25-27-29-31-33-35-37-39-41-43-45-47-49-51-53-55-57-59-61-63-65-67-69-73(77)74-71(70-75)72(76)68-66-64-62-60-58-56-54-52-50-48-46-44-42-40-38-36-34-32-30-28-26-24-22-20-18-16-14-12-10-8-6-4-2/h15,17,21,23,27,29,71-72,75-76H,3-14,16,18-20,22,24-26,28,30-70H2,1-2H3,(H,74,77)/b17-15-,23-21-,29-27-. The highest BCUT2D eigenvalue weighted by Crippen LogP contribution is 2.19. The molecule has 1 amide bonds. The lowest BCUT2D eigenvalue weighted by Gasteiger charge is -2.22. The third-order valence-corrected chi connectivity index (χ3v) is 16.9.